The summed E-state index contributed by atoms with van der Waals surface area (Å²) in [6.45, 7) is 4.31. The molecule has 0 aliphatic carbocycles. The summed E-state index contributed by atoms with van der Waals surface area (Å²) in [6, 6.07) is 6.76. The molecule has 1 N–H and O–H groups in total. The van der Waals surface area contributed by atoms with Gasteiger partial charge in [-0.05, 0) is 36.3 Å². The van der Waals surface area contributed by atoms with Crippen LogP contribution < -0.4 is 0 Å². The molecule has 110 valence electrons. The van der Waals surface area contributed by atoms with E-state index in [1.54, 1.807) is 12.1 Å². The Hall–Kier alpha value is -0.840. The first kappa shape index (κ1) is 15.5. The van der Waals surface area contributed by atoms with Crippen LogP contribution in [-0.4, -0.2) is 29.3 Å². The molecule has 4 heteroatoms. The molecule has 0 amide bonds. The van der Waals surface area contributed by atoms with Crippen molar-refractivity contribution in [2.24, 2.45) is 5.92 Å². The number of hydrogen-bond acceptors (Lipinski definition) is 3. The van der Waals surface area contributed by atoms with Gasteiger partial charge in [-0.3, -0.25) is 0 Å². The van der Waals surface area contributed by atoms with Gasteiger partial charge in [0, 0.05) is 17.9 Å². The average molecular weight is 296 g/mol. The van der Waals surface area contributed by atoms with Gasteiger partial charge in [-0.2, -0.15) is 0 Å². The van der Waals surface area contributed by atoms with Crippen molar-refractivity contribution < 1.29 is 14.2 Å². The van der Waals surface area contributed by atoms with Gasteiger partial charge in [-0.25, -0.2) is 4.39 Å². The molecule has 1 fully saturated rings. The second-order valence-corrected chi connectivity index (χ2v) is 6.09. The van der Waals surface area contributed by atoms with Crippen LogP contribution in [0.5, 0.6) is 0 Å². The summed E-state index contributed by atoms with van der Waals surface area (Å²) in [4.78, 5) is 0.893. The van der Waals surface area contributed by atoms with E-state index in [-0.39, 0.29) is 24.4 Å². The maximum absolute atomic E-state index is 14.3. The molecule has 2 rings (SSSR count). The molecule has 1 aromatic rings. The lowest BCUT2D eigenvalue weighted by molar-refractivity contribution is 0.0861. The molecule has 1 aliphatic rings. The second kappa shape index (κ2) is 6.29. The molecule has 0 unspecified atom stereocenters. The Morgan fingerprint density at radius 2 is 2.20 bits per heavy atom. The maximum Gasteiger partial charge on any atom is 0.127 e. The summed E-state index contributed by atoms with van der Waals surface area (Å²) in [5.74, 6) is -0.383. The molecular weight excluding hydrogens is 275 g/mol. The monoisotopic (exact) mass is 296 g/mol. The van der Waals surface area contributed by atoms with Crippen molar-refractivity contribution >= 4 is 17.1 Å². The summed E-state index contributed by atoms with van der Waals surface area (Å²) >= 11 is 5.39. The van der Waals surface area contributed by atoms with E-state index in [1.165, 1.54) is 6.07 Å². The lowest BCUT2D eigenvalue weighted by atomic mass is 9.67. The standard InChI is InChI=1S/C16H21FO2S/c1-3-12(20)8-16(10-19-11(2)14(16)9-18)13-6-4-5-7-15(13)17/h4-7,11,14,18H,3,8-10H2,1-2H3/t11-,14-,16+/m1/s1. The minimum Gasteiger partial charge on any atom is -0.396 e. The largest absolute Gasteiger partial charge is 0.396 e. The van der Waals surface area contributed by atoms with E-state index in [2.05, 4.69) is 0 Å². The van der Waals surface area contributed by atoms with Crippen LogP contribution in [0.4, 0.5) is 4.39 Å². The van der Waals surface area contributed by atoms with E-state index in [0.29, 0.717) is 18.6 Å². The van der Waals surface area contributed by atoms with Gasteiger partial charge in [0.05, 0.1) is 12.7 Å². The van der Waals surface area contributed by atoms with Gasteiger partial charge in [-0.15, -0.1) is 0 Å². The van der Waals surface area contributed by atoms with E-state index in [0.717, 1.165) is 11.3 Å². The number of hydrogen-bond donors (Lipinski definition) is 1. The van der Waals surface area contributed by atoms with E-state index in [9.17, 15) is 9.50 Å². The number of aliphatic hydroxyl groups excluding tert-OH is 1. The zero-order valence-electron chi connectivity index (χ0n) is 11.9. The fourth-order valence-corrected chi connectivity index (χ4v) is 3.43. The molecule has 0 spiro atoms. The second-order valence-electron chi connectivity index (χ2n) is 5.51. The fourth-order valence-electron chi connectivity index (χ4n) is 3.17. The molecule has 0 bridgehead atoms. The van der Waals surface area contributed by atoms with Crippen molar-refractivity contribution in [3.05, 3.63) is 35.6 Å². The smallest absolute Gasteiger partial charge is 0.127 e. The Balaban J connectivity index is 2.50. The van der Waals surface area contributed by atoms with E-state index in [4.69, 9.17) is 17.0 Å². The molecule has 0 aromatic heterocycles. The molecule has 1 aliphatic heterocycles. The van der Waals surface area contributed by atoms with Crippen LogP contribution >= 0.6 is 12.2 Å². The van der Waals surface area contributed by atoms with Crippen molar-refractivity contribution in [2.75, 3.05) is 13.2 Å². The Kier molecular flexibility index (Phi) is 4.89. The zero-order chi connectivity index (χ0) is 14.8. The molecule has 2 nitrogen and oxygen atoms in total. The fraction of sp³-hybridized carbons (Fsp3) is 0.562. The molecule has 1 aromatic carbocycles. The molecule has 20 heavy (non-hydrogen) atoms. The van der Waals surface area contributed by atoms with Crippen LogP contribution in [0.15, 0.2) is 24.3 Å². The number of ether oxygens (including phenoxy) is 1. The van der Waals surface area contributed by atoms with E-state index in [1.807, 2.05) is 19.9 Å². The predicted octanol–water partition coefficient (Wildman–Crippen LogP) is 3.26. The third-order valence-corrected chi connectivity index (χ3v) is 4.83. The van der Waals surface area contributed by atoms with Crippen LogP contribution in [0.1, 0.15) is 32.3 Å². The zero-order valence-corrected chi connectivity index (χ0v) is 12.8. The van der Waals surface area contributed by atoms with Gasteiger partial charge < -0.3 is 9.84 Å². The summed E-state index contributed by atoms with van der Waals surface area (Å²) in [6.07, 6.45) is 1.26. The van der Waals surface area contributed by atoms with Crippen molar-refractivity contribution in [1.82, 2.24) is 0 Å². The first-order chi connectivity index (χ1) is 9.55. The minimum absolute atomic E-state index is 0.0260. The van der Waals surface area contributed by atoms with Gasteiger partial charge in [0.15, 0.2) is 0 Å². The van der Waals surface area contributed by atoms with Crippen LogP contribution in [-0.2, 0) is 10.2 Å². The van der Waals surface area contributed by atoms with E-state index >= 15 is 0 Å². The minimum atomic E-state index is -0.549. The molecule has 3 atom stereocenters. The Labute approximate surface area is 125 Å². The molecule has 0 saturated carbocycles. The van der Waals surface area contributed by atoms with Crippen LogP contribution in [0.2, 0.25) is 0 Å². The van der Waals surface area contributed by atoms with E-state index < -0.39 is 5.41 Å². The Morgan fingerprint density at radius 3 is 2.80 bits per heavy atom. The van der Waals surface area contributed by atoms with Gasteiger partial charge >= 0.3 is 0 Å². The highest BCUT2D eigenvalue weighted by molar-refractivity contribution is 7.80. The summed E-state index contributed by atoms with van der Waals surface area (Å²) in [5.41, 5.74) is 0.0614. The number of rotatable bonds is 5. The lowest BCUT2D eigenvalue weighted by Gasteiger charge is -2.35. The number of benzene rings is 1. The quantitative estimate of drug-likeness (QED) is 0.846. The summed E-state index contributed by atoms with van der Waals surface area (Å²) in [7, 11) is 0. The normalized spacial score (nSPS) is 29.6. The summed E-state index contributed by atoms with van der Waals surface area (Å²) in [5, 5.41) is 9.76. The van der Waals surface area contributed by atoms with Crippen molar-refractivity contribution in [2.45, 2.75) is 38.2 Å². The predicted molar refractivity (Wildman–Crippen MR) is 81.6 cm³/mol. The van der Waals surface area contributed by atoms with Crippen molar-refractivity contribution in [3.63, 3.8) is 0 Å². The number of thiocarbonyl (C=S) groups is 1. The summed E-state index contributed by atoms with van der Waals surface area (Å²) < 4.78 is 20.0. The number of halogens is 1. The Morgan fingerprint density at radius 1 is 1.50 bits per heavy atom. The lowest BCUT2D eigenvalue weighted by Crippen LogP contribution is -2.40. The topological polar surface area (TPSA) is 29.5 Å². The highest BCUT2D eigenvalue weighted by Gasteiger charge is 2.50. The first-order valence-electron chi connectivity index (χ1n) is 7.04. The number of aliphatic hydroxyl groups is 1. The maximum atomic E-state index is 14.3. The SMILES string of the molecule is CCC(=S)C[C@@]1(c2ccccc2F)CO[C@H](C)[C@H]1CO. The molecular formula is C16H21FO2S. The van der Waals surface area contributed by atoms with Gasteiger partial charge in [0.2, 0.25) is 0 Å². The molecule has 1 saturated heterocycles. The van der Waals surface area contributed by atoms with Crippen molar-refractivity contribution in [3.8, 4) is 0 Å². The highest BCUT2D eigenvalue weighted by Crippen LogP contribution is 2.45. The Bertz CT molecular complexity index is 491. The third kappa shape index (κ3) is 2.65. The van der Waals surface area contributed by atoms with Gasteiger partial charge in [0.25, 0.3) is 0 Å². The van der Waals surface area contributed by atoms with Crippen LogP contribution in [0.25, 0.3) is 0 Å². The average Bonchev–Trinajstić information content (AvgIpc) is 2.76. The van der Waals surface area contributed by atoms with Crippen LogP contribution in [0.3, 0.4) is 0 Å². The van der Waals surface area contributed by atoms with Crippen LogP contribution in [0, 0.1) is 11.7 Å². The molecule has 0 radical (unpaired) electrons. The highest BCUT2D eigenvalue weighted by atomic mass is 32.1. The molecule has 1 heterocycles. The first-order valence-corrected chi connectivity index (χ1v) is 7.45. The third-order valence-electron chi connectivity index (χ3n) is 4.39. The van der Waals surface area contributed by atoms with Gasteiger partial charge in [-0.1, -0.05) is 37.3 Å². The van der Waals surface area contributed by atoms with Crippen molar-refractivity contribution in [1.29, 1.82) is 0 Å². The van der Waals surface area contributed by atoms with Gasteiger partial charge in [0.1, 0.15) is 5.82 Å².